The molecule has 0 spiro atoms. The second-order valence-electron chi connectivity index (χ2n) is 4.57. The Morgan fingerprint density at radius 3 is 3.00 bits per heavy atom. The van der Waals surface area contributed by atoms with Crippen LogP contribution in [0.15, 0.2) is 24.3 Å². The van der Waals surface area contributed by atoms with Gasteiger partial charge < -0.3 is 4.90 Å². The second kappa shape index (κ2) is 5.00. The van der Waals surface area contributed by atoms with Crippen LogP contribution in [0.25, 0.3) is 0 Å². The van der Waals surface area contributed by atoms with Crippen LogP contribution < -0.4 is 0 Å². The molecular formula is C13H18ClN. The molecule has 0 radical (unpaired) electrons. The van der Waals surface area contributed by atoms with Crippen molar-refractivity contribution in [1.29, 1.82) is 0 Å². The molecule has 1 atom stereocenters. The molecule has 1 aromatic rings. The van der Waals surface area contributed by atoms with Gasteiger partial charge in [0, 0.05) is 18.1 Å². The third-order valence-electron chi connectivity index (χ3n) is 3.11. The highest BCUT2D eigenvalue weighted by atomic mass is 35.5. The third kappa shape index (κ3) is 3.22. The molecule has 1 unspecified atom stereocenters. The Morgan fingerprint density at radius 2 is 2.33 bits per heavy atom. The zero-order valence-electron chi connectivity index (χ0n) is 9.25. The summed E-state index contributed by atoms with van der Waals surface area (Å²) in [6, 6.07) is 8.19. The van der Waals surface area contributed by atoms with Crippen LogP contribution >= 0.6 is 11.6 Å². The Morgan fingerprint density at radius 1 is 1.47 bits per heavy atom. The van der Waals surface area contributed by atoms with Crippen LogP contribution in [0.2, 0.25) is 5.02 Å². The van der Waals surface area contributed by atoms with Crippen molar-refractivity contribution in [3.05, 3.63) is 34.9 Å². The van der Waals surface area contributed by atoms with E-state index in [0.717, 1.165) is 17.4 Å². The van der Waals surface area contributed by atoms with E-state index in [1.165, 1.54) is 31.6 Å². The molecule has 2 rings (SSSR count). The van der Waals surface area contributed by atoms with Crippen molar-refractivity contribution in [3.63, 3.8) is 0 Å². The van der Waals surface area contributed by atoms with E-state index in [0.29, 0.717) is 0 Å². The molecule has 1 heterocycles. The summed E-state index contributed by atoms with van der Waals surface area (Å²) in [5.74, 6) is 0.879. The molecule has 0 aliphatic carbocycles. The Labute approximate surface area is 97.0 Å². The fraction of sp³-hybridized carbons (Fsp3) is 0.538. The standard InChI is InChI=1S/C13H18ClN/c1-11-5-7-15(10-11)8-6-12-3-2-4-13(14)9-12/h2-4,9,11H,5-8,10H2,1H3. The Bertz CT molecular complexity index is 324. The van der Waals surface area contributed by atoms with Crippen molar-refractivity contribution < 1.29 is 0 Å². The van der Waals surface area contributed by atoms with E-state index >= 15 is 0 Å². The van der Waals surface area contributed by atoms with E-state index in [1.807, 2.05) is 12.1 Å². The first kappa shape index (κ1) is 11.0. The molecule has 1 aliphatic rings. The van der Waals surface area contributed by atoms with Crippen LogP contribution in [0.3, 0.4) is 0 Å². The molecule has 1 saturated heterocycles. The summed E-state index contributed by atoms with van der Waals surface area (Å²) >= 11 is 5.95. The summed E-state index contributed by atoms with van der Waals surface area (Å²) in [6.45, 7) is 6.03. The highest BCUT2D eigenvalue weighted by Crippen LogP contribution is 2.16. The maximum absolute atomic E-state index is 5.95. The van der Waals surface area contributed by atoms with Gasteiger partial charge in [0.1, 0.15) is 0 Å². The van der Waals surface area contributed by atoms with Gasteiger partial charge in [-0.1, -0.05) is 30.7 Å². The van der Waals surface area contributed by atoms with Gasteiger partial charge in [-0.3, -0.25) is 0 Å². The zero-order valence-corrected chi connectivity index (χ0v) is 10.0. The van der Waals surface area contributed by atoms with Crippen LogP contribution in [0.4, 0.5) is 0 Å². The SMILES string of the molecule is CC1CCN(CCc2cccc(Cl)c2)C1. The lowest BCUT2D eigenvalue weighted by atomic mass is 10.1. The molecule has 0 bridgehead atoms. The van der Waals surface area contributed by atoms with Gasteiger partial charge in [0.25, 0.3) is 0 Å². The second-order valence-corrected chi connectivity index (χ2v) is 5.01. The Balaban J connectivity index is 1.83. The van der Waals surface area contributed by atoms with Crippen LogP contribution in [0, 0.1) is 5.92 Å². The largest absolute Gasteiger partial charge is 0.303 e. The zero-order chi connectivity index (χ0) is 10.7. The minimum atomic E-state index is 0.849. The first-order valence-electron chi connectivity index (χ1n) is 5.71. The summed E-state index contributed by atoms with van der Waals surface area (Å²) in [5.41, 5.74) is 1.35. The maximum atomic E-state index is 5.95. The average Bonchev–Trinajstić information content (AvgIpc) is 2.62. The van der Waals surface area contributed by atoms with Gasteiger partial charge in [-0.05, 0) is 43.0 Å². The summed E-state index contributed by atoms with van der Waals surface area (Å²) in [4.78, 5) is 2.55. The van der Waals surface area contributed by atoms with Crippen molar-refractivity contribution >= 4 is 11.6 Å². The van der Waals surface area contributed by atoms with E-state index in [2.05, 4.69) is 24.0 Å². The maximum Gasteiger partial charge on any atom is 0.0408 e. The molecule has 1 fully saturated rings. The van der Waals surface area contributed by atoms with Crippen LogP contribution in [0.5, 0.6) is 0 Å². The van der Waals surface area contributed by atoms with E-state index in [9.17, 15) is 0 Å². The molecule has 0 saturated carbocycles. The Kier molecular flexibility index (Phi) is 3.66. The average molecular weight is 224 g/mol. The number of rotatable bonds is 3. The quantitative estimate of drug-likeness (QED) is 0.761. The molecular weight excluding hydrogens is 206 g/mol. The fourth-order valence-electron chi connectivity index (χ4n) is 2.21. The summed E-state index contributed by atoms with van der Waals surface area (Å²) in [7, 11) is 0. The smallest absolute Gasteiger partial charge is 0.0408 e. The van der Waals surface area contributed by atoms with Gasteiger partial charge in [-0.15, -0.1) is 0 Å². The minimum Gasteiger partial charge on any atom is -0.303 e. The monoisotopic (exact) mass is 223 g/mol. The minimum absolute atomic E-state index is 0.849. The predicted molar refractivity (Wildman–Crippen MR) is 65.4 cm³/mol. The van der Waals surface area contributed by atoms with Gasteiger partial charge in [0.2, 0.25) is 0 Å². The predicted octanol–water partition coefficient (Wildman–Crippen LogP) is 3.22. The van der Waals surface area contributed by atoms with E-state index in [-0.39, 0.29) is 0 Å². The number of hydrogen-bond donors (Lipinski definition) is 0. The normalized spacial score (nSPS) is 22.1. The van der Waals surface area contributed by atoms with Gasteiger partial charge in [-0.2, -0.15) is 0 Å². The van der Waals surface area contributed by atoms with Crippen LogP contribution in [-0.2, 0) is 6.42 Å². The Hall–Kier alpha value is -0.530. The van der Waals surface area contributed by atoms with Crippen LogP contribution in [-0.4, -0.2) is 24.5 Å². The summed E-state index contributed by atoms with van der Waals surface area (Å²) in [5, 5.41) is 0.849. The van der Waals surface area contributed by atoms with Gasteiger partial charge in [0.15, 0.2) is 0 Å². The van der Waals surface area contributed by atoms with Crippen LogP contribution in [0.1, 0.15) is 18.9 Å². The molecule has 0 aromatic heterocycles. The lowest BCUT2D eigenvalue weighted by molar-refractivity contribution is 0.332. The molecule has 0 N–H and O–H groups in total. The van der Waals surface area contributed by atoms with Gasteiger partial charge in [0.05, 0.1) is 0 Å². The highest BCUT2D eigenvalue weighted by Gasteiger charge is 2.17. The number of halogens is 1. The van der Waals surface area contributed by atoms with Crippen molar-refractivity contribution in [2.45, 2.75) is 19.8 Å². The molecule has 1 nitrogen and oxygen atoms in total. The van der Waals surface area contributed by atoms with E-state index < -0.39 is 0 Å². The first-order chi connectivity index (χ1) is 7.24. The van der Waals surface area contributed by atoms with E-state index in [4.69, 9.17) is 11.6 Å². The summed E-state index contributed by atoms with van der Waals surface area (Å²) in [6.07, 6.45) is 2.48. The van der Waals surface area contributed by atoms with Crippen molar-refractivity contribution in [1.82, 2.24) is 4.90 Å². The number of nitrogens with zero attached hydrogens (tertiary/aromatic N) is 1. The molecule has 2 heteroatoms. The lowest BCUT2D eigenvalue weighted by Crippen LogP contribution is -2.22. The lowest BCUT2D eigenvalue weighted by Gasteiger charge is -2.14. The highest BCUT2D eigenvalue weighted by molar-refractivity contribution is 6.30. The van der Waals surface area contributed by atoms with Gasteiger partial charge in [-0.25, -0.2) is 0 Å². The van der Waals surface area contributed by atoms with Crippen molar-refractivity contribution in [3.8, 4) is 0 Å². The fourth-order valence-corrected chi connectivity index (χ4v) is 2.42. The van der Waals surface area contributed by atoms with Gasteiger partial charge >= 0.3 is 0 Å². The van der Waals surface area contributed by atoms with E-state index in [1.54, 1.807) is 0 Å². The topological polar surface area (TPSA) is 3.24 Å². The third-order valence-corrected chi connectivity index (χ3v) is 3.35. The number of benzene rings is 1. The summed E-state index contributed by atoms with van der Waals surface area (Å²) < 4.78 is 0. The first-order valence-corrected chi connectivity index (χ1v) is 6.08. The number of likely N-dealkylation sites (tertiary alicyclic amines) is 1. The van der Waals surface area contributed by atoms with Crippen molar-refractivity contribution in [2.24, 2.45) is 5.92 Å². The number of hydrogen-bond acceptors (Lipinski definition) is 1. The molecule has 1 aliphatic heterocycles. The molecule has 15 heavy (non-hydrogen) atoms. The molecule has 0 amide bonds. The van der Waals surface area contributed by atoms with Crippen molar-refractivity contribution in [2.75, 3.05) is 19.6 Å². The molecule has 1 aromatic carbocycles. The molecule has 82 valence electrons.